The molecule has 0 atom stereocenters. The number of anilines is 1. The van der Waals surface area contributed by atoms with Crippen LogP contribution >= 0.6 is 10.7 Å². The van der Waals surface area contributed by atoms with E-state index in [1.165, 1.54) is 12.1 Å². The van der Waals surface area contributed by atoms with Gasteiger partial charge in [-0.1, -0.05) is 13.8 Å². The molecule has 1 rings (SSSR count). The van der Waals surface area contributed by atoms with E-state index in [-0.39, 0.29) is 23.3 Å². The van der Waals surface area contributed by atoms with Crippen molar-refractivity contribution in [2.24, 2.45) is 0 Å². The summed E-state index contributed by atoms with van der Waals surface area (Å²) in [5.41, 5.74) is 1.98. The number of benzene rings is 1. The highest BCUT2D eigenvalue weighted by molar-refractivity contribution is 8.13. The highest BCUT2D eigenvalue weighted by Crippen LogP contribution is 2.32. The van der Waals surface area contributed by atoms with E-state index in [0.29, 0.717) is 17.9 Å². The van der Waals surface area contributed by atoms with Crippen LogP contribution in [0.15, 0.2) is 17.0 Å². The van der Waals surface area contributed by atoms with E-state index >= 15 is 0 Å². The first-order valence-electron chi connectivity index (χ1n) is 6.63. The highest BCUT2D eigenvalue weighted by Gasteiger charge is 2.18. The van der Waals surface area contributed by atoms with Crippen molar-refractivity contribution in [3.05, 3.63) is 23.3 Å². The maximum Gasteiger partial charge on any atom is 0.261 e. The Morgan fingerprint density at radius 2 is 2.00 bits per heavy atom. The van der Waals surface area contributed by atoms with Gasteiger partial charge in [0.2, 0.25) is 5.91 Å². The average molecular weight is 334 g/mol. The Labute approximate surface area is 130 Å². The zero-order valence-corrected chi connectivity index (χ0v) is 14.1. The molecule has 0 radical (unpaired) electrons. The van der Waals surface area contributed by atoms with Crippen molar-refractivity contribution < 1.29 is 17.9 Å². The summed E-state index contributed by atoms with van der Waals surface area (Å²) < 4.78 is 28.0. The third-order valence-corrected chi connectivity index (χ3v) is 4.28. The molecule has 0 aliphatic rings. The van der Waals surface area contributed by atoms with Gasteiger partial charge in [-0.15, -0.1) is 0 Å². The molecule has 0 saturated carbocycles. The SMILES string of the molecule is CCOCC(=O)Nc1c(C)cc(S(=O)(=O)Cl)cc1C(C)C. The van der Waals surface area contributed by atoms with Crippen LogP contribution < -0.4 is 5.32 Å². The molecule has 0 unspecified atom stereocenters. The number of rotatable bonds is 6. The number of carbonyl (C=O) groups is 1. The van der Waals surface area contributed by atoms with E-state index in [2.05, 4.69) is 5.32 Å². The van der Waals surface area contributed by atoms with Gasteiger partial charge in [-0.3, -0.25) is 4.79 Å². The lowest BCUT2D eigenvalue weighted by Crippen LogP contribution is -2.20. The normalized spacial score (nSPS) is 11.7. The van der Waals surface area contributed by atoms with Crippen molar-refractivity contribution >= 4 is 31.3 Å². The fourth-order valence-electron chi connectivity index (χ4n) is 1.92. The number of nitrogens with one attached hydrogen (secondary N) is 1. The van der Waals surface area contributed by atoms with E-state index in [9.17, 15) is 13.2 Å². The molecule has 0 heterocycles. The predicted octanol–water partition coefficient (Wildman–Crippen LogP) is 3.02. The molecule has 1 amide bonds. The summed E-state index contributed by atoms with van der Waals surface area (Å²) in [5.74, 6) is -0.243. The van der Waals surface area contributed by atoms with Crippen LogP contribution in [0, 0.1) is 6.92 Å². The fraction of sp³-hybridized carbons (Fsp3) is 0.500. The molecule has 7 heteroatoms. The maximum atomic E-state index is 11.8. The first kappa shape index (κ1) is 17.9. The van der Waals surface area contributed by atoms with Gasteiger partial charge < -0.3 is 10.1 Å². The van der Waals surface area contributed by atoms with Crippen molar-refractivity contribution in [1.29, 1.82) is 0 Å². The van der Waals surface area contributed by atoms with Crippen molar-refractivity contribution in [2.75, 3.05) is 18.5 Å². The van der Waals surface area contributed by atoms with E-state index in [1.807, 2.05) is 13.8 Å². The Morgan fingerprint density at radius 1 is 1.38 bits per heavy atom. The number of aryl methyl sites for hydroxylation is 1. The van der Waals surface area contributed by atoms with Crippen molar-refractivity contribution in [3.63, 3.8) is 0 Å². The van der Waals surface area contributed by atoms with Crippen LogP contribution in [-0.2, 0) is 18.6 Å². The van der Waals surface area contributed by atoms with Gasteiger partial charge in [-0.05, 0) is 43.0 Å². The first-order chi connectivity index (χ1) is 9.66. The molecule has 0 bridgehead atoms. The number of ether oxygens (including phenoxy) is 1. The maximum absolute atomic E-state index is 11.8. The van der Waals surface area contributed by atoms with Crippen LogP contribution in [0.4, 0.5) is 5.69 Å². The smallest absolute Gasteiger partial charge is 0.261 e. The van der Waals surface area contributed by atoms with Crippen LogP contribution in [0.1, 0.15) is 37.8 Å². The number of hydrogen-bond donors (Lipinski definition) is 1. The van der Waals surface area contributed by atoms with Gasteiger partial charge in [0.25, 0.3) is 9.05 Å². The second-order valence-corrected chi connectivity index (χ2v) is 7.55. The Balaban J connectivity index is 3.23. The van der Waals surface area contributed by atoms with E-state index < -0.39 is 9.05 Å². The topological polar surface area (TPSA) is 72.5 Å². The molecule has 1 aromatic carbocycles. The molecular weight excluding hydrogens is 314 g/mol. The number of carbonyl (C=O) groups excluding carboxylic acids is 1. The lowest BCUT2D eigenvalue weighted by Gasteiger charge is -2.18. The molecule has 0 aliphatic carbocycles. The van der Waals surface area contributed by atoms with E-state index in [4.69, 9.17) is 15.4 Å². The monoisotopic (exact) mass is 333 g/mol. The summed E-state index contributed by atoms with van der Waals surface area (Å²) in [6, 6.07) is 2.95. The summed E-state index contributed by atoms with van der Waals surface area (Å²) in [4.78, 5) is 11.8. The van der Waals surface area contributed by atoms with Crippen molar-refractivity contribution in [3.8, 4) is 0 Å². The molecule has 0 aliphatic heterocycles. The van der Waals surface area contributed by atoms with Crippen LogP contribution in [0.25, 0.3) is 0 Å². The zero-order valence-electron chi connectivity index (χ0n) is 12.6. The number of amides is 1. The van der Waals surface area contributed by atoms with Gasteiger partial charge in [0.1, 0.15) is 6.61 Å². The average Bonchev–Trinajstić information content (AvgIpc) is 2.36. The molecule has 0 saturated heterocycles. The van der Waals surface area contributed by atoms with Gasteiger partial charge >= 0.3 is 0 Å². The molecule has 1 N–H and O–H groups in total. The third-order valence-electron chi connectivity index (χ3n) is 2.94. The molecule has 118 valence electrons. The Morgan fingerprint density at radius 3 is 2.48 bits per heavy atom. The Kier molecular flexibility index (Phi) is 6.19. The molecule has 21 heavy (non-hydrogen) atoms. The first-order valence-corrected chi connectivity index (χ1v) is 8.94. The fourth-order valence-corrected chi connectivity index (χ4v) is 2.77. The highest BCUT2D eigenvalue weighted by atomic mass is 35.7. The number of halogens is 1. The summed E-state index contributed by atoms with van der Waals surface area (Å²) >= 11 is 0. The second kappa shape index (κ2) is 7.24. The summed E-state index contributed by atoms with van der Waals surface area (Å²) in [5, 5.41) is 2.77. The number of hydrogen-bond acceptors (Lipinski definition) is 4. The lowest BCUT2D eigenvalue weighted by atomic mass is 9.98. The minimum atomic E-state index is -3.81. The van der Waals surface area contributed by atoms with Gasteiger partial charge in [0.05, 0.1) is 4.90 Å². The van der Waals surface area contributed by atoms with Crippen molar-refractivity contribution in [2.45, 2.75) is 38.5 Å². The molecule has 5 nitrogen and oxygen atoms in total. The van der Waals surface area contributed by atoms with Crippen LogP contribution in [0.5, 0.6) is 0 Å². The van der Waals surface area contributed by atoms with Gasteiger partial charge in [-0.25, -0.2) is 8.42 Å². The zero-order chi connectivity index (χ0) is 16.2. The Bertz CT molecular complexity index is 626. The van der Waals surface area contributed by atoms with Crippen LogP contribution in [0.2, 0.25) is 0 Å². The molecule has 0 fully saturated rings. The Hall–Kier alpha value is -1.11. The summed E-state index contributed by atoms with van der Waals surface area (Å²) in [6.07, 6.45) is 0. The van der Waals surface area contributed by atoms with Crippen molar-refractivity contribution in [1.82, 2.24) is 0 Å². The van der Waals surface area contributed by atoms with Gasteiger partial charge in [-0.2, -0.15) is 0 Å². The standard InChI is InChI=1S/C14H20ClNO4S/c1-5-20-8-13(17)16-14-10(4)6-11(21(15,18)19)7-12(14)9(2)3/h6-7,9H,5,8H2,1-4H3,(H,16,17). The quantitative estimate of drug-likeness (QED) is 0.812. The molecule has 0 spiro atoms. The largest absolute Gasteiger partial charge is 0.372 e. The minimum absolute atomic E-state index is 0.0319. The van der Waals surface area contributed by atoms with Crippen LogP contribution in [0.3, 0.4) is 0 Å². The third kappa shape index (κ3) is 4.98. The van der Waals surface area contributed by atoms with Gasteiger partial charge in [0, 0.05) is 23.0 Å². The van der Waals surface area contributed by atoms with Crippen LogP contribution in [-0.4, -0.2) is 27.5 Å². The summed E-state index contributed by atoms with van der Waals surface area (Å²) in [7, 11) is 1.59. The molecule has 0 aromatic heterocycles. The predicted molar refractivity (Wildman–Crippen MR) is 83.4 cm³/mol. The van der Waals surface area contributed by atoms with Gasteiger partial charge in [0.15, 0.2) is 0 Å². The molecule has 1 aromatic rings. The molecular formula is C14H20ClNO4S. The second-order valence-electron chi connectivity index (χ2n) is 4.98. The summed E-state index contributed by atoms with van der Waals surface area (Å²) in [6.45, 7) is 7.77. The lowest BCUT2D eigenvalue weighted by molar-refractivity contribution is -0.120. The minimum Gasteiger partial charge on any atom is -0.372 e. The van der Waals surface area contributed by atoms with E-state index in [1.54, 1.807) is 13.8 Å². The van der Waals surface area contributed by atoms with E-state index in [0.717, 1.165) is 5.56 Å².